The minimum absolute atomic E-state index is 0.504. The summed E-state index contributed by atoms with van der Waals surface area (Å²) >= 11 is 0. The molecule has 1 aliphatic carbocycles. The van der Waals surface area contributed by atoms with E-state index in [2.05, 4.69) is 5.32 Å². The second-order valence-electron chi connectivity index (χ2n) is 5.88. The minimum atomic E-state index is -0.612. The zero-order chi connectivity index (χ0) is 12.1. The summed E-state index contributed by atoms with van der Waals surface area (Å²) in [7, 11) is 0. The van der Waals surface area contributed by atoms with Crippen molar-refractivity contribution in [2.75, 3.05) is 13.1 Å². The second-order valence-corrected chi connectivity index (χ2v) is 5.88. The fourth-order valence-corrected chi connectivity index (χ4v) is 2.28. The first kappa shape index (κ1) is 13.9. The Hall–Kier alpha value is -0.120. The van der Waals surface area contributed by atoms with Crippen LogP contribution in [0.3, 0.4) is 0 Å². The maximum atomic E-state index is 10.4. The lowest BCUT2D eigenvalue weighted by Crippen LogP contribution is -2.41. The zero-order valence-corrected chi connectivity index (χ0v) is 10.8. The molecule has 0 aromatic carbocycles. The fourth-order valence-electron chi connectivity index (χ4n) is 2.28. The smallest absolute Gasteiger partial charge is 0.0771 e. The monoisotopic (exact) mass is 229 g/mol. The van der Waals surface area contributed by atoms with E-state index in [0.29, 0.717) is 6.54 Å². The highest BCUT2D eigenvalue weighted by atomic mass is 16.3. The van der Waals surface area contributed by atoms with Crippen LogP contribution in [0.2, 0.25) is 0 Å². The molecule has 0 saturated heterocycles. The summed E-state index contributed by atoms with van der Waals surface area (Å²) in [5, 5.41) is 23.2. The van der Waals surface area contributed by atoms with Crippen LogP contribution in [0, 0.1) is 0 Å². The molecule has 1 rings (SSSR count). The van der Waals surface area contributed by atoms with Crippen LogP contribution in [0.4, 0.5) is 0 Å². The number of rotatable bonds is 5. The van der Waals surface area contributed by atoms with Gasteiger partial charge < -0.3 is 15.5 Å². The van der Waals surface area contributed by atoms with E-state index in [1.54, 1.807) is 0 Å². The van der Waals surface area contributed by atoms with E-state index in [1.165, 1.54) is 12.8 Å². The second kappa shape index (κ2) is 5.99. The number of hydrogen-bond donors (Lipinski definition) is 3. The Bertz CT molecular complexity index is 191. The van der Waals surface area contributed by atoms with E-state index >= 15 is 0 Å². The van der Waals surface area contributed by atoms with Gasteiger partial charge in [0.25, 0.3) is 0 Å². The fraction of sp³-hybridized carbons (Fsp3) is 1.00. The molecule has 96 valence electrons. The van der Waals surface area contributed by atoms with Crippen molar-refractivity contribution in [3.8, 4) is 0 Å². The van der Waals surface area contributed by atoms with Gasteiger partial charge in [-0.05, 0) is 39.7 Å². The molecule has 3 N–H and O–H groups in total. The van der Waals surface area contributed by atoms with Crippen LogP contribution in [-0.2, 0) is 0 Å². The molecule has 0 atom stereocenters. The number of hydrogen-bond acceptors (Lipinski definition) is 3. The third kappa shape index (κ3) is 5.83. The molecule has 0 aromatic rings. The Morgan fingerprint density at radius 1 is 1.12 bits per heavy atom. The molecule has 16 heavy (non-hydrogen) atoms. The van der Waals surface area contributed by atoms with E-state index in [1.807, 2.05) is 13.8 Å². The molecule has 0 unspecified atom stereocenters. The first-order chi connectivity index (χ1) is 7.41. The van der Waals surface area contributed by atoms with Gasteiger partial charge in [0.2, 0.25) is 0 Å². The number of nitrogens with one attached hydrogen (secondary N) is 1. The largest absolute Gasteiger partial charge is 0.390 e. The summed E-state index contributed by atoms with van der Waals surface area (Å²) in [6.07, 6.45) is 7.36. The lowest BCUT2D eigenvalue weighted by atomic mass is 9.94. The van der Waals surface area contributed by atoms with Crippen molar-refractivity contribution in [3.05, 3.63) is 0 Å². The number of aliphatic hydroxyl groups is 2. The van der Waals surface area contributed by atoms with Gasteiger partial charge in [0, 0.05) is 6.54 Å². The summed E-state index contributed by atoms with van der Waals surface area (Å²) in [5.74, 6) is 0. The van der Waals surface area contributed by atoms with Gasteiger partial charge in [0.1, 0.15) is 0 Å². The van der Waals surface area contributed by atoms with E-state index in [-0.39, 0.29) is 0 Å². The molecule has 1 saturated carbocycles. The maximum absolute atomic E-state index is 10.4. The molecular formula is C13H27NO2. The molecule has 3 heteroatoms. The van der Waals surface area contributed by atoms with Crippen LogP contribution in [0.15, 0.2) is 0 Å². The van der Waals surface area contributed by atoms with Crippen LogP contribution in [0.5, 0.6) is 0 Å². The zero-order valence-electron chi connectivity index (χ0n) is 10.8. The van der Waals surface area contributed by atoms with Crippen LogP contribution in [0.1, 0.15) is 58.8 Å². The highest BCUT2D eigenvalue weighted by Crippen LogP contribution is 2.26. The SMILES string of the molecule is CC(C)(O)CCNCC1(O)CCCCCC1. The van der Waals surface area contributed by atoms with Gasteiger partial charge in [0.15, 0.2) is 0 Å². The predicted octanol–water partition coefficient (Wildman–Crippen LogP) is 1.82. The normalized spacial score (nSPS) is 21.8. The van der Waals surface area contributed by atoms with Crippen LogP contribution >= 0.6 is 0 Å². The van der Waals surface area contributed by atoms with Crippen LogP contribution in [0.25, 0.3) is 0 Å². The molecule has 0 aliphatic heterocycles. The van der Waals surface area contributed by atoms with Gasteiger partial charge in [-0.2, -0.15) is 0 Å². The van der Waals surface area contributed by atoms with Crippen LogP contribution < -0.4 is 5.32 Å². The first-order valence-corrected chi connectivity index (χ1v) is 6.57. The van der Waals surface area contributed by atoms with Gasteiger partial charge in [-0.25, -0.2) is 0 Å². The highest BCUT2D eigenvalue weighted by molar-refractivity contribution is 4.83. The van der Waals surface area contributed by atoms with E-state index in [9.17, 15) is 10.2 Å². The predicted molar refractivity (Wildman–Crippen MR) is 66.4 cm³/mol. The molecule has 0 aromatic heterocycles. The molecule has 0 amide bonds. The quantitative estimate of drug-likeness (QED) is 0.498. The van der Waals surface area contributed by atoms with Crippen molar-refractivity contribution < 1.29 is 10.2 Å². The molecule has 0 spiro atoms. The molecule has 0 bridgehead atoms. The first-order valence-electron chi connectivity index (χ1n) is 6.57. The minimum Gasteiger partial charge on any atom is -0.390 e. The van der Waals surface area contributed by atoms with E-state index in [0.717, 1.165) is 38.6 Å². The standard InChI is InChI=1S/C13H27NO2/c1-12(2,15)9-10-14-11-13(16)7-5-3-4-6-8-13/h14-16H,3-11H2,1-2H3. The highest BCUT2D eigenvalue weighted by Gasteiger charge is 2.27. The maximum Gasteiger partial charge on any atom is 0.0771 e. The van der Waals surface area contributed by atoms with Gasteiger partial charge in [-0.1, -0.05) is 25.7 Å². The summed E-state index contributed by atoms with van der Waals surface area (Å²) < 4.78 is 0. The van der Waals surface area contributed by atoms with Gasteiger partial charge in [0.05, 0.1) is 11.2 Å². The molecular weight excluding hydrogens is 202 g/mol. The molecule has 1 fully saturated rings. The Balaban J connectivity index is 2.19. The van der Waals surface area contributed by atoms with Crippen molar-refractivity contribution in [2.24, 2.45) is 0 Å². The lowest BCUT2D eigenvalue weighted by Gasteiger charge is -2.27. The molecule has 3 nitrogen and oxygen atoms in total. The van der Waals surface area contributed by atoms with E-state index in [4.69, 9.17) is 0 Å². The summed E-state index contributed by atoms with van der Waals surface area (Å²) in [6.45, 7) is 5.07. The van der Waals surface area contributed by atoms with Crippen molar-refractivity contribution in [2.45, 2.75) is 70.0 Å². The third-order valence-corrected chi connectivity index (χ3v) is 3.40. The summed E-state index contributed by atoms with van der Waals surface area (Å²) in [5.41, 5.74) is -1.12. The lowest BCUT2D eigenvalue weighted by molar-refractivity contribution is 0.0218. The summed E-state index contributed by atoms with van der Waals surface area (Å²) in [4.78, 5) is 0. The van der Waals surface area contributed by atoms with Crippen molar-refractivity contribution in [1.82, 2.24) is 5.32 Å². The Morgan fingerprint density at radius 3 is 2.19 bits per heavy atom. The van der Waals surface area contributed by atoms with Crippen molar-refractivity contribution >= 4 is 0 Å². The van der Waals surface area contributed by atoms with Crippen molar-refractivity contribution in [1.29, 1.82) is 0 Å². The average Bonchev–Trinajstić information content (AvgIpc) is 2.37. The Morgan fingerprint density at radius 2 is 1.69 bits per heavy atom. The van der Waals surface area contributed by atoms with Gasteiger partial charge >= 0.3 is 0 Å². The third-order valence-electron chi connectivity index (χ3n) is 3.40. The van der Waals surface area contributed by atoms with Gasteiger partial charge in [-0.3, -0.25) is 0 Å². The molecule has 0 heterocycles. The Labute approximate surface area is 99.3 Å². The summed E-state index contributed by atoms with van der Waals surface area (Å²) in [6, 6.07) is 0. The van der Waals surface area contributed by atoms with Crippen molar-refractivity contribution in [3.63, 3.8) is 0 Å². The van der Waals surface area contributed by atoms with Crippen LogP contribution in [-0.4, -0.2) is 34.5 Å². The molecule has 0 radical (unpaired) electrons. The topological polar surface area (TPSA) is 52.5 Å². The molecule has 1 aliphatic rings. The van der Waals surface area contributed by atoms with E-state index < -0.39 is 11.2 Å². The van der Waals surface area contributed by atoms with Gasteiger partial charge in [-0.15, -0.1) is 0 Å². The Kier molecular flexibility index (Phi) is 5.22. The average molecular weight is 229 g/mol.